The Kier molecular flexibility index (Phi) is 4.03. The van der Waals surface area contributed by atoms with E-state index in [9.17, 15) is 4.79 Å². The normalized spacial score (nSPS) is 16.3. The van der Waals surface area contributed by atoms with Gasteiger partial charge in [-0.2, -0.15) is 0 Å². The Labute approximate surface area is 60.7 Å². The maximum atomic E-state index is 10.4. The zero-order valence-electron chi connectivity index (χ0n) is 6.37. The van der Waals surface area contributed by atoms with Gasteiger partial charge in [-0.3, -0.25) is 4.79 Å². The largest absolute Gasteiger partial charge is 0.481 e. The number of hydrogen-bond donors (Lipinski definition) is 2. The van der Waals surface area contributed by atoms with Gasteiger partial charge in [-0.15, -0.1) is 0 Å². The Morgan fingerprint density at radius 2 is 2.10 bits per heavy atom. The van der Waals surface area contributed by atoms with Crippen LogP contribution in [0.1, 0.15) is 20.3 Å². The van der Waals surface area contributed by atoms with Crippen molar-refractivity contribution in [2.75, 3.05) is 6.61 Å². The van der Waals surface area contributed by atoms with Crippen molar-refractivity contribution in [1.29, 1.82) is 0 Å². The SMILES string of the molecule is CCC(C)C(CO)C(=O)O. The van der Waals surface area contributed by atoms with Gasteiger partial charge < -0.3 is 10.2 Å². The summed E-state index contributed by atoms with van der Waals surface area (Å²) in [7, 11) is 0. The van der Waals surface area contributed by atoms with Crippen LogP contribution in [0.4, 0.5) is 0 Å². The Balaban J connectivity index is 3.92. The van der Waals surface area contributed by atoms with Gasteiger partial charge in [0.25, 0.3) is 0 Å². The van der Waals surface area contributed by atoms with Crippen molar-refractivity contribution in [3.8, 4) is 0 Å². The molecule has 0 aromatic carbocycles. The lowest BCUT2D eigenvalue weighted by Crippen LogP contribution is -2.24. The summed E-state index contributed by atoms with van der Waals surface area (Å²) < 4.78 is 0. The van der Waals surface area contributed by atoms with Crippen molar-refractivity contribution >= 4 is 5.97 Å². The molecule has 60 valence electrons. The highest BCUT2D eigenvalue weighted by Gasteiger charge is 2.21. The topological polar surface area (TPSA) is 57.5 Å². The molecule has 3 heteroatoms. The van der Waals surface area contributed by atoms with Crippen LogP contribution in [0.5, 0.6) is 0 Å². The minimum absolute atomic E-state index is 0.0579. The van der Waals surface area contributed by atoms with Gasteiger partial charge in [0, 0.05) is 0 Å². The van der Waals surface area contributed by atoms with E-state index >= 15 is 0 Å². The molecule has 0 spiro atoms. The molecule has 2 N–H and O–H groups in total. The van der Waals surface area contributed by atoms with Crippen molar-refractivity contribution in [2.45, 2.75) is 20.3 Å². The second kappa shape index (κ2) is 4.28. The molecule has 0 aromatic rings. The zero-order valence-corrected chi connectivity index (χ0v) is 6.37. The Morgan fingerprint density at radius 1 is 1.60 bits per heavy atom. The van der Waals surface area contributed by atoms with Crippen LogP contribution in [0.25, 0.3) is 0 Å². The van der Waals surface area contributed by atoms with E-state index in [4.69, 9.17) is 10.2 Å². The minimum Gasteiger partial charge on any atom is -0.481 e. The number of aliphatic hydroxyl groups is 1. The zero-order chi connectivity index (χ0) is 8.15. The van der Waals surface area contributed by atoms with E-state index in [0.29, 0.717) is 0 Å². The van der Waals surface area contributed by atoms with Gasteiger partial charge in [0.2, 0.25) is 0 Å². The molecule has 10 heavy (non-hydrogen) atoms. The molecule has 0 aromatic heterocycles. The molecule has 0 radical (unpaired) electrons. The summed E-state index contributed by atoms with van der Waals surface area (Å²) in [6.45, 7) is 3.48. The number of carboxylic acids is 1. The number of carbonyl (C=O) groups is 1. The number of aliphatic carboxylic acids is 1. The fourth-order valence-corrected chi connectivity index (χ4v) is 0.786. The first-order valence-corrected chi connectivity index (χ1v) is 3.47. The average molecular weight is 146 g/mol. The number of rotatable bonds is 4. The molecule has 0 aliphatic heterocycles. The van der Waals surface area contributed by atoms with E-state index in [1.165, 1.54) is 0 Å². The van der Waals surface area contributed by atoms with E-state index in [1.54, 1.807) is 0 Å². The van der Waals surface area contributed by atoms with Crippen LogP contribution in [0.3, 0.4) is 0 Å². The van der Waals surface area contributed by atoms with Crippen LogP contribution in [-0.2, 0) is 4.79 Å². The molecule has 0 amide bonds. The van der Waals surface area contributed by atoms with Crippen molar-refractivity contribution in [3.63, 3.8) is 0 Å². The molecule has 2 unspecified atom stereocenters. The summed E-state index contributed by atoms with van der Waals surface area (Å²) in [6.07, 6.45) is 0.789. The summed E-state index contributed by atoms with van der Waals surface area (Å²) in [5.41, 5.74) is 0. The van der Waals surface area contributed by atoms with Gasteiger partial charge in [-0.25, -0.2) is 0 Å². The van der Waals surface area contributed by atoms with E-state index < -0.39 is 11.9 Å². The van der Waals surface area contributed by atoms with Crippen molar-refractivity contribution in [2.24, 2.45) is 11.8 Å². The van der Waals surface area contributed by atoms with Gasteiger partial charge >= 0.3 is 5.97 Å². The number of aliphatic hydroxyl groups excluding tert-OH is 1. The van der Waals surface area contributed by atoms with Crippen molar-refractivity contribution in [3.05, 3.63) is 0 Å². The highest BCUT2D eigenvalue weighted by molar-refractivity contribution is 5.70. The first kappa shape index (κ1) is 9.43. The summed E-state index contributed by atoms with van der Waals surface area (Å²) >= 11 is 0. The van der Waals surface area contributed by atoms with Gasteiger partial charge in [-0.1, -0.05) is 20.3 Å². The average Bonchev–Trinajstić information content (AvgIpc) is 1.88. The second-order valence-electron chi connectivity index (χ2n) is 2.51. The molecule has 2 atom stereocenters. The Morgan fingerprint density at radius 3 is 2.20 bits per heavy atom. The van der Waals surface area contributed by atoms with Crippen LogP contribution in [0, 0.1) is 11.8 Å². The van der Waals surface area contributed by atoms with E-state index in [2.05, 4.69) is 0 Å². The predicted molar refractivity (Wildman–Crippen MR) is 37.7 cm³/mol. The summed E-state index contributed by atoms with van der Waals surface area (Å²) in [5, 5.41) is 17.1. The lowest BCUT2D eigenvalue weighted by atomic mass is 9.93. The second-order valence-corrected chi connectivity index (χ2v) is 2.51. The van der Waals surface area contributed by atoms with Gasteiger partial charge in [0.05, 0.1) is 12.5 Å². The molecule has 0 rings (SSSR count). The minimum atomic E-state index is -0.906. The summed E-state index contributed by atoms with van der Waals surface area (Å²) in [4.78, 5) is 10.4. The fourth-order valence-electron chi connectivity index (χ4n) is 0.786. The van der Waals surface area contributed by atoms with Crippen LogP contribution in [-0.4, -0.2) is 22.8 Å². The number of carboxylic acid groups (broad SMARTS) is 1. The van der Waals surface area contributed by atoms with Crippen LogP contribution in [0.2, 0.25) is 0 Å². The third-order valence-electron chi connectivity index (χ3n) is 1.84. The third-order valence-corrected chi connectivity index (χ3v) is 1.84. The lowest BCUT2D eigenvalue weighted by molar-refractivity contribution is -0.145. The summed E-state index contributed by atoms with van der Waals surface area (Å²) in [5.74, 6) is -1.44. The van der Waals surface area contributed by atoms with Crippen molar-refractivity contribution in [1.82, 2.24) is 0 Å². The smallest absolute Gasteiger partial charge is 0.309 e. The third kappa shape index (κ3) is 2.35. The number of hydrogen-bond acceptors (Lipinski definition) is 2. The highest BCUT2D eigenvalue weighted by atomic mass is 16.4. The molecular formula is C7H14O3. The van der Waals surface area contributed by atoms with Gasteiger partial charge in [0.1, 0.15) is 0 Å². The molecule has 0 saturated heterocycles. The monoisotopic (exact) mass is 146 g/mol. The maximum Gasteiger partial charge on any atom is 0.309 e. The van der Waals surface area contributed by atoms with Crippen LogP contribution >= 0.6 is 0 Å². The van der Waals surface area contributed by atoms with E-state index in [-0.39, 0.29) is 12.5 Å². The molecule has 3 nitrogen and oxygen atoms in total. The first-order chi connectivity index (χ1) is 4.63. The maximum absolute atomic E-state index is 10.4. The van der Waals surface area contributed by atoms with Crippen molar-refractivity contribution < 1.29 is 15.0 Å². The molecule has 0 bridgehead atoms. The molecule has 0 saturated carbocycles. The van der Waals surface area contributed by atoms with Crippen LogP contribution < -0.4 is 0 Å². The Hall–Kier alpha value is -0.570. The fraction of sp³-hybridized carbons (Fsp3) is 0.857. The molecule has 0 aliphatic carbocycles. The van der Waals surface area contributed by atoms with Crippen LogP contribution in [0.15, 0.2) is 0 Å². The van der Waals surface area contributed by atoms with Gasteiger partial charge in [0.15, 0.2) is 0 Å². The molecular weight excluding hydrogens is 132 g/mol. The molecule has 0 aliphatic rings. The molecule has 0 heterocycles. The predicted octanol–water partition coefficient (Wildman–Crippen LogP) is 0.726. The summed E-state index contributed by atoms with van der Waals surface area (Å²) in [6, 6.07) is 0. The first-order valence-electron chi connectivity index (χ1n) is 3.47. The quantitative estimate of drug-likeness (QED) is 0.614. The highest BCUT2D eigenvalue weighted by Crippen LogP contribution is 2.14. The lowest BCUT2D eigenvalue weighted by Gasteiger charge is -2.14. The molecule has 0 fully saturated rings. The van der Waals surface area contributed by atoms with Gasteiger partial charge in [-0.05, 0) is 5.92 Å². The van der Waals surface area contributed by atoms with E-state index in [0.717, 1.165) is 6.42 Å². The van der Waals surface area contributed by atoms with E-state index in [1.807, 2.05) is 13.8 Å². The standard InChI is InChI=1S/C7H14O3/c1-3-5(2)6(4-8)7(9)10/h5-6,8H,3-4H2,1-2H3,(H,9,10). The Bertz CT molecular complexity index is 111.